The minimum absolute atomic E-state index is 0.408. The molecule has 2 rings (SSSR count). The summed E-state index contributed by atoms with van der Waals surface area (Å²) < 4.78 is 16.4. The normalized spacial score (nSPS) is 18.8. The van der Waals surface area contributed by atoms with E-state index in [1.165, 1.54) is 12.8 Å². The third-order valence-corrected chi connectivity index (χ3v) is 3.34. The van der Waals surface area contributed by atoms with Gasteiger partial charge in [0.1, 0.15) is 18.1 Å². The fourth-order valence-corrected chi connectivity index (χ4v) is 2.22. The molecule has 19 heavy (non-hydrogen) atoms. The van der Waals surface area contributed by atoms with Gasteiger partial charge in [-0.2, -0.15) is 0 Å². The molecule has 4 nitrogen and oxygen atoms in total. The van der Waals surface area contributed by atoms with Gasteiger partial charge < -0.3 is 19.1 Å². The van der Waals surface area contributed by atoms with Crippen LogP contribution in [-0.2, 0) is 4.74 Å². The van der Waals surface area contributed by atoms with Crippen LogP contribution >= 0.6 is 0 Å². The largest absolute Gasteiger partial charge is 0.497 e. The molecule has 1 fully saturated rings. The standard InChI is InChI=1S/C15H23NO3/c1-16(12-15-4-3-10-18-15)9-11-19-14-7-5-13(17-2)6-8-14/h5-8,15H,3-4,9-12H2,1-2H3. The first kappa shape index (κ1) is 14.2. The zero-order valence-corrected chi connectivity index (χ0v) is 11.8. The second-order valence-corrected chi connectivity index (χ2v) is 4.92. The van der Waals surface area contributed by atoms with Crippen molar-refractivity contribution in [3.63, 3.8) is 0 Å². The third kappa shape index (κ3) is 4.73. The van der Waals surface area contributed by atoms with Crippen LogP contribution in [0.5, 0.6) is 11.5 Å². The molecule has 0 radical (unpaired) electrons. The van der Waals surface area contributed by atoms with Crippen molar-refractivity contribution in [1.82, 2.24) is 4.90 Å². The molecule has 0 spiro atoms. The third-order valence-electron chi connectivity index (χ3n) is 3.34. The molecule has 0 aliphatic carbocycles. The molecule has 1 saturated heterocycles. The first-order chi connectivity index (χ1) is 9.28. The lowest BCUT2D eigenvalue weighted by Crippen LogP contribution is -2.32. The fraction of sp³-hybridized carbons (Fsp3) is 0.600. The van der Waals surface area contributed by atoms with E-state index in [9.17, 15) is 0 Å². The minimum atomic E-state index is 0.408. The van der Waals surface area contributed by atoms with Crippen LogP contribution in [0.15, 0.2) is 24.3 Å². The first-order valence-electron chi connectivity index (χ1n) is 6.85. The van der Waals surface area contributed by atoms with Gasteiger partial charge in [0.15, 0.2) is 0 Å². The molecule has 0 N–H and O–H groups in total. The van der Waals surface area contributed by atoms with Crippen LogP contribution < -0.4 is 9.47 Å². The van der Waals surface area contributed by atoms with Gasteiger partial charge in [-0.05, 0) is 44.2 Å². The summed E-state index contributed by atoms with van der Waals surface area (Å²) in [5, 5.41) is 0. The molecule has 1 heterocycles. The highest BCUT2D eigenvalue weighted by Crippen LogP contribution is 2.17. The van der Waals surface area contributed by atoms with E-state index in [1.807, 2.05) is 24.3 Å². The minimum Gasteiger partial charge on any atom is -0.497 e. The lowest BCUT2D eigenvalue weighted by molar-refractivity contribution is 0.0771. The van der Waals surface area contributed by atoms with E-state index in [0.29, 0.717) is 12.7 Å². The molecule has 1 atom stereocenters. The number of benzene rings is 1. The molecule has 1 unspecified atom stereocenters. The molecule has 1 aromatic carbocycles. The van der Waals surface area contributed by atoms with Crippen molar-refractivity contribution in [2.45, 2.75) is 18.9 Å². The maximum Gasteiger partial charge on any atom is 0.119 e. The van der Waals surface area contributed by atoms with E-state index in [2.05, 4.69) is 11.9 Å². The van der Waals surface area contributed by atoms with Crippen molar-refractivity contribution >= 4 is 0 Å². The van der Waals surface area contributed by atoms with Gasteiger partial charge in [-0.25, -0.2) is 0 Å². The van der Waals surface area contributed by atoms with Gasteiger partial charge in [0.05, 0.1) is 13.2 Å². The van der Waals surface area contributed by atoms with E-state index < -0.39 is 0 Å². The van der Waals surface area contributed by atoms with Gasteiger partial charge in [0, 0.05) is 19.7 Å². The van der Waals surface area contributed by atoms with Crippen LogP contribution in [0.3, 0.4) is 0 Å². The van der Waals surface area contributed by atoms with Crippen molar-refractivity contribution < 1.29 is 14.2 Å². The van der Waals surface area contributed by atoms with Crippen molar-refractivity contribution in [2.75, 3.05) is 40.5 Å². The van der Waals surface area contributed by atoms with Crippen LogP contribution in [0.2, 0.25) is 0 Å². The Balaban J connectivity index is 1.64. The molecule has 0 amide bonds. The fourth-order valence-electron chi connectivity index (χ4n) is 2.22. The summed E-state index contributed by atoms with van der Waals surface area (Å²) in [5.74, 6) is 1.73. The molecule has 1 aliphatic rings. The van der Waals surface area contributed by atoms with Crippen molar-refractivity contribution in [2.24, 2.45) is 0 Å². The smallest absolute Gasteiger partial charge is 0.119 e. The molecule has 0 saturated carbocycles. The Morgan fingerprint density at radius 1 is 1.26 bits per heavy atom. The summed E-state index contributed by atoms with van der Waals surface area (Å²) in [6, 6.07) is 7.68. The van der Waals surface area contributed by atoms with Crippen LogP contribution in [0, 0.1) is 0 Å². The average Bonchev–Trinajstić information content (AvgIpc) is 2.92. The lowest BCUT2D eigenvalue weighted by Gasteiger charge is -2.20. The topological polar surface area (TPSA) is 30.9 Å². The monoisotopic (exact) mass is 265 g/mol. The lowest BCUT2D eigenvalue weighted by atomic mass is 10.2. The molecule has 0 bridgehead atoms. The first-order valence-corrected chi connectivity index (χ1v) is 6.85. The molecular weight excluding hydrogens is 242 g/mol. The van der Waals surface area contributed by atoms with Crippen LogP contribution in [0.4, 0.5) is 0 Å². The number of methoxy groups -OCH3 is 1. The highest BCUT2D eigenvalue weighted by Gasteiger charge is 2.16. The average molecular weight is 265 g/mol. The Bertz CT molecular complexity index is 360. The predicted octanol–water partition coefficient (Wildman–Crippen LogP) is 2.18. The maximum absolute atomic E-state index is 5.70. The summed E-state index contributed by atoms with van der Waals surface area (Å²) in [7, 11) is 3.77. The summed E-state index contributed by atoms with van der Waals surface area (Å²) in [4.78, 5) is 2.26. The van der Waals surface area contributed by atoms with E-state index in [-0.39, 0.29) is 0 Å². The van der Waals surface area contributed by atoms with Crippen LogP contribution in [0.25, 0.3) is 0 Å². The van der Waals surface area contributed by atoms with Crippen LogP contribution in [-0.4, -0.2) is 51.5 Å². The number of ether oxygens (including phenoxy) is 3. The number of likely N-dealkylation sites (N-methyl/N-ethyl adjacent to an activating group) is 1. The predicted molar refractivity (Wildman–Crippen MR) is 75.0 cm³/mol. The number of hydrogen-bond donors (Lipinski definition) is 0. The van der Waals surface area contributed by atoms with Crippen molar-refractivity contribution in [1.29, 1.82) is 0 Å². The molecular formula is C15H23NO3. The summed E-state index contributed by atoms with van der Waals surface area (Å²) >= 11 is 0. The molecule has 4 heteroatoms. The molecule has 1 aliphatic heterocycles. The van der Waals surface area contributed by atoms with Gasteiger partial charge in [-0.3, -0.25) is 0 Å². The van der Waals surface area contributed by atoms with Gasteiger partial charge in [-0.1, -0.05) is 0 Å². The van der Waals surface area contributed by atoms with Gasteiger partial charge in [0.25, 0.3) is 0 Å². The zero-order valence-electron chi connectivity index (χ0n) is 11.8. The van der Waals surface area contributed by atoms with Gasteiger partial charge in [0.2, 0.25) is 0 Å². The summed E-state index contributed by atoms with van der Waals surface area (Å²) in [6.45, 7) is 3.51. The van der Waals surface area contributed by atoms with E-state index in [0.717, 1.165) is 31.2 Å². The number of hydrogen-bond acceptors (Lipinski definition) is 4. The molecule has 106 valence electrons. The molecule has 1 aromatic rings. The van der Waals surface area contributed by atoms with E-state index in [1.54, 1.807) is 7.11 Å². The van der Waals surface area contributed by atoms with Crippen LogP contribution in [0.1, 0.15) is 12.8 Å². The SMILES string of the molecule is COc1ccc(OCCN(C)CC2CCCO2)cc1. The Morgan fingerprint density at radius 3 is 2.63 bits per heavy atom. The Labute approximate surface area is 115 Å². The van der Waals surface area contributed by atoms with Gasteiger partial charge in [-0.15, -0.1) is 0 Å². The summed E-state index contributed by atoms with van der Waals surface area (Å²) in [5.41, 5.74) is 0. The number of rotatable bonds is 7. The second-order valence-electron chi connectivity index (χ2n) is 4.92. The number of nitrogens with zero attached hydrogens (tertiary/aromatic N) is 1. The Kier molecular flexibility index (Phi) is 5.48. The Hall–Kier alpha value is -1.26. The Morgan fingerprint density at radius 2 is 2.00 bits per heavy atom. The van der Waals surface area contributed by atoms with Crippen molar-refractivity contribution in [3.8, 4) is 11.5 Å². The molecule has 0 aromatic heterocycles. The zero-order chi connectivity index (χ0) is 13.5. The van der Waals surface area contributed by atoms with E-state index in [4.69, 9.17) is 14.2 Å². The van der Waals surface area contributed by atoms with Gasteiger partial charge >= 0.3 is 0 Å². The van der Waals surface area contributed by atoms with E-state index >= 15 is 0 Å². The highest BCUT2D eigenvalue weighted by molar-refractivity contribution is 5.31. The quantitative estimate of drug-likeness (QED) is 0.756. The van der Waals surface area contributed by atoms with Crippen molar-refractivity contribution in [3.05, 3.63) is 24.3 Å². The maximum atomic E-state index is 5.70. The summed E-state index contributed by atoms with van der Waals surface area (Å²) in [6.07, 6.45) is 2.79. The second kappa shape index (κ2) is 7.36. The highest BCUT2D eigenvalue weighted by atomic mass is 16.5.